The van der Waals surface area contributed by atoms with E-state index in [1.54, 1.807) is 50.5 Å². The molecule has 34 heavy (non-hydrogen) atoms. The lowest BCUT2D eigenvalue weighted by Crippen LogP contribution is -2.29. The molecular formula is C25H25ClFN3O4. The van der Waals surface area contributed by atoms with Gasteiger partial charge in [-0.3, -0.25) is 9.59 Å². The molecule has 2 aromatic carbocycles. The Bertz CT molecular complexity index is 1280. The first-order valence-electron chi connectivity index (χ1n) is 10.5. The number of benzene rings is 2. The minimum Gasteiger partial charge on any atom is -0.411 e. The fourth-order valence-corrected chi connectivity index (χ4v) is 3.89. The minimum atomic E-state index is -0.628. The van der Waals surface area contributed by atoms with Crippen LogP contribution in [0.5, 0.6) is 0 Å². The Kier molecular flexibility index (Phi) is 8.20. The molecule has 0 aliphatic heterocycles. The molecule has 9 heteroatoms. The Labute approximate surface area is 201 Å². The topological polar surface area (TPSA) is 95.1 Å². The fraction of sp³-hybridized carbons (Fsp3) is 0.240. The van der Waals surface area contributed by atoms with Crippen molar-refractivity contribution in [2.24, 2.45) is 12.2 Å². The Morgan fingerprint density at radius 1 is 1.18 bits per heavy atom. The zero-order chi connectivity index (χ0) is 24.8. The summed E-state index contributed by atoms with van der Waals surface area (Å²) in [6, 6.07) is 14.0. The summed E-state index contributed by atoms with van der Waals surface area (Å²) in [5.41, 5.74) is 1.82. The van der Waals surface area contributed by atoms with Crippen LogP contribution in [0.1, 0.15) is 39.4 Å². The summed E-state index contributed by atoms with van der Waals surface area (Å²) in [5.74, 6) is -1.46. The van der Waals surface area contributed by atoms with Gasteiger partial charge in [0.15, 0.2) is 0 Å². The van der Waals surface area contributed by atoms with Crippen LogP contribution in [0.25, 0.3) is 0 Å². The number of aliphatic hydroxyl groups is 1. The number of amides is 1. The maximum Gasteiger partial charge on any atom is 0.253 e. The van der Waals surface area contributed by atoms with Crippen molar-refractivity contribution in [2.45, 2.75) is 12.3 Å². The minimum absolute atomic E-state index is 0.0807. The van der Waals surface area contributed by atoms with E-state index in [1.165, 1.54) is 33.9 Å². The van der Waals surface area contributed by atoms with Crippen LogP contribution in [-0.4, -0.2) is 51.6 Å². The quantitative estimate of drug-likeness (QED) is 0.289. The van der Waals surface area contributed by atoms with E-state index < -0.39 is 11.7 Å². The molecule has 0 fully saturated rings. The maximum atomic E-state index is 15.0. The van der Waals surface area contributed by atoms with Gasteiger partial charge in [0.2, 0.25) is 5.56 Å². The summed E-state index contributed by atoms with van der Waals surface area (Å²) >= 11 is 5.95. The molecule has 0 saturated carbocycles. The number of oxime groups is 1. The van der Waals surface area contributed by atoms with E-state index in [2.05, 4.69) is 5.16 Å². The number of pyridine rings is 1. The number of halogens is 2. The lowest BCUT2D eigenvalue weighted by molar-refractivity contribution is 0.0767. The Hall–Kier alpha value is -3.49. The maximum absolute atomic E-state index is 15.0. The first-order valence-corrected chi connectivity index (χ1v) is 10.9. The zero-order valence-electron chi connectivity index (χ0n) is 18.8. The van der Waals surface area contributed by atoms with Crippen LogP contribution in [0.4, 0.5) is 4.39 Å². The Morgan fingerprint density at radius 3 is 2.59 bits per heavy atom. The Morgan fingerprint density at radius 2 is 1.94 bits per heavy atom. The van der Waals surface area contributed by atoms with Crippen molar-refractivity contribution in [3.63, 3.8) is 0 Å². The third-order valence-corrected chi connectivity index (χ3v) is 5.83. The number of nitrogens with zero attached hydrogens (tertiary/aromatic N) is 3. The van der Waals surface area contributed by atoms with Crippen LogP contribution < -0.4 is 5.56 Å². The summed E-state index contributed by atoms with van der Waals surface area (Å²) in [6.07, 6.45) is 1.62. The van der Waals surface area contributed by atoms with Gasteiger partial charge in [0.05, 0.1) is 12.3 Å². The summed E-state index contributed by atoms with van der Waals surface area (Å²) in [7, 11) is 3.16. The second-order valence-electron chi connectivity index (χ2n) is 7.91. The number of aromatic nitrogens is 1. The molecule has 2 N–H and O–H groups in total. The second-order valence-corrected chi connectivity index (χ2v) is 8.35. The Balaban J connectivity index is 2.08. The van der Waals surface area contributed by atoms with Crippen molar-refractivity contribution in [1.29, 1.82) is 0 Å². The van der Waals surface area contributed by atoms with Crippen LogP contribution in [0.2, 0.25) is 5.02 Å². The van der Waals surface area contributed by atoms with E-state index >= 15 is 4.39 Å². The number of carbonyl (C=O) groups is 1. The number of aliphatic hydroxyl groups excluding tert-OH is 1. The standard InChI is InChI=1S/C25H25ClFN3O4/c1-29(10-11-31)25(33)17-5-3-4-16(12-17)21(20-8-7-19(26)13-22(20)27)14-23(28-34)18-6-9-24(32)30(2)15-18/h3-9,12-13,15,21,31,34H,10-11,14H2,1-2H3/b28-23-. The van der Waals surface area contributed by atoms with Gasteiger partial charge in [0.1, 0.15) is 5.82 Å². The van der Waals surface area contributed by atoms with E-state index in [4.69, 9.17) is 16.7 Å². The SMILES string of the molecule is CN(CCO)C(=O)c1cccc(C(C/C(=N/O)c2ccc(=O)n(C)c2)c2ccc(Cl)cc2F)c1. The second kappa shape index (κ2) is 11.1. The largest absolute Gasteiger partial charge is 0.411 e. The summed E-state index contributed by atoms with van der Waals surface area (Å²) < 4.78 is 16.4. The number of aryl methyl sites for hydroxylation is 1. The van der Waals surface area contributed by atoms with Crippen LogP contribution in [-0.2, 0) is 7.05 Å². The summed E-state index contributed by atoms with van der Waals surface area (Å²) in [6.45, 7) is 0.00277. The molecular weight excluding hydrogens is 461 g/mol. The van der Waals surface area contributed by atoms with Crippen molar-refractivity contribution in [3.05, 3.63) is 104 Å². The van der Waals surface area contributed by atoms with Gasteiger partial charge in [-0.05, 0) is 41.5 Å². The zero-order valence-corrected chi connectivity index (χ0v) is 19.5. The average Bonchev–Trinajstić information content (AvgIpc) is 2.82. The molecule has 1 heterocycles. The highest BCUT2D eigenvalue weighted by molar-refractivity contribution is 6.30. The molecule has 3 aromatic rings. The van der Waals surface area contributed by atoms with Gasteiger partial charge >= 0.3 is 0 Å². The predicted molar refractivity (Wildman–Crippen MR) is 128 cm³/mol. The van der Waals surface area contributed by atoms with E-state index in [0.717, 1.165) is 0 Å². The smallest absolute Gasteiger partial charge is 0.253 e. The molecule has 0 bridgehead atoms. The van der Waals surface area contributed by atoms with Crippen LogP contribution in [0.3, 0.4) is 0 Å². The number of hydrogen-bond acceptors (Lipinski definition) is 5. The first kappa shape index (κ1) is 25.1. The molecule has 0 aliphatic carbocycles. The van der Waals surface area contributed by atoms with E-state index in [1.807, 2.05) is 0 Å². The van der Waals surface area contributed by atoms with Gasteiger partial charge in [-0.1, -0.05) is 35.0 Å². The lowest BCUT2D eigenvalue weighted by Gasteiger charge is -2.21. The summed E-state index contributed by atoms with van der Waals surface area (Å²) in [4.78, 5) is 25.9. The van der Waals surface area contributed by atoms with Crippen molar-refractivity contribution in [3.8, 4) is 0 Å². The van der Waals surface area contributed by atoms with E-state index in [-0.39, 0.29) is 41.8 Å². The third-order valence-electron chi connectivity index (χ3n) is 5.59. The van der Waals surface area contributed by atoms with Crippen molar-refractivity contribution in [1.82, 2.24) is 9.47 Å². The van der Waals surface area contributed by atoms with Gasteiger partial charge < -0.3 is 19.8 Å². The molecule has 0 spiro atoms. The highest BCUT2D eigenvalue weighted by atomic mass is 35.5. The molecule has 1 amide bonds. The highest BCUT2D eigenvalue weighted by Crippen LogP contribution is 2.33. The molecule has 1 atom stereocenters. The number of likely N-dealkylation sites (N-methyl/N-ethyl adjacent to an activating group) is 1. The molecule has 3 rings (SSSR count). The van der Waals surface area contributed by atoms with Gasteiger partial charge in [0, 0.05) is 61.4 Å². The average molecular weight is 486 g/mol. The van der Waals surface area contributed by atoms with E-state index in [9.17, 15) is 14.8 Å². The summed E-state index contributed by atoms with van der Waals surface area (Å²) in [5, 5.41) is 22.6. The predicted octanol–water partition coefficient (Wildman–Crippen LogP) is 3.64. The van der Waals surface area contributed by atoms with Crippen molar-refractivity contribution < 1.29 is 19.5 Å². The molecule has 1 unspecified atom stereocenters. The molecule has 0 aliphatic rings. The monoisotopic (exact) mass is 485 g/mol. The van der Waals surface area contributed by atoms with E-state index in [0.29, 0.717) is 22.3 Å². The molecule has 178 valence electrons. The van der Waals surface area contributed by atoms with Crippen molar-refractivity contribution in [2.75, 3.05) is 20.2 Å². The van der Waals surface area contributed by atoms with Gasteiger partial charge in [-0.15, -0.1) is 0 Å². The normalized spacial score (nSPS) is 12.4. The van der Waals surface area contributed by atoms with Gasteiger partial charge in [-0.2, -0.15) is 0 Å². The van der Waals surface area contributed by atoms with Crippen LogP contribution in [0.15, 0.2) is 70.7 Å². The third kappa shape index (κ3) is 5.70. The number of hydrogen-bond donors (Lipinski definition) is 2. The molecule has 7 nitrogen and oxygen atoms in total. The highest BCUT2D eigenvalue weighted by Gasteiger charge is 2.23. The van der Waals surface area contributed by atoms with Gasteiger partial charge in [-0.25, -0.2) is 4.39 Å². The van der Waals surface area contributed by atoms with Crippen LogP contribution >= 0.6 is 11.6 Å². The first-order chi connectivity index (χ1) is 16.2. The number of carbonyl (C=O) groups excluding carboxylic acids is 1. The lowest BCUT2D eigenvalue weighted by atomic mass is 9.84. The van der Waals surface area contributed by atoms with Gasteiger partial charge in [0.25, 0.3) is 5.91 Å². The number of rotatable bonds is 8. The van der Waals surface area contributed by atoms with Crippen molar-refractivity contribution >= 4 is 23.2 Å². The molecule has 0 saturated heterocycles. The van der Waals surface area contributed by atoms with Crippen LogP contribution in [0, 0.1) is 5.82 Å². The molecule has 1 aromatic heterocycles. The fourth-order valence-electron chi connectivity index (χ4n) is 3.73. The molecule has 0 radical (unpaired) electrons.